The number of nitrogens with zero attached hydrogens (tertiary/aromatic N) is 4. The van der Waals surface area contributed by atoms with E-state index in [1.54, 1.807) is 5.32 Å². The van der Waals surface area contributed by atoms with Gasteiger partial charge >= 0.3 is 17.9 Å². The van der Waals surface area contributed by atoms with Gasteiger partial charge in [-0.25, -0.2) is 4.98 Å². The van der Waals surface area contributed by atoms with E-state index in [4.69, 9.17) is 4.74 Å². The summed E-state index contributed by atoms with van der Waals surface area (Å²) < 4.78 is 42.7. The molecule has 2 aromatic rings. The third-order valence-electron chi connectivity index (χ3n) is 2.69. The fourth-order valence-corrected chi connectivity index (χ4v) is 1.62. The molecule has 0 bridgehead atoms. The van der Waals surface area contributed by atoms with Gasteiger partial charge in [-0.15, -0.1) is 0 Å². The Labute approximate surface area is 126 Å². The number of alkyl halides is 3. The summed E-state index contributed by atoms with van der Waals surface area (Å²) in [7, 11) is 0. The van der Waals surface area contributed by atoms with Crippen molar-refractivity contribution >= 4 is 17.4 Å². The maximum absolute atomic E-state index is 12.2. The zero-order valence-corrected chi connectivity index (χ0v) is 11.6. The van der Waals surface area contributed by atoms with Crippen LogP contribution in [0, 0.1) is 10.1 Å². The number of hydrogen-bond donors (Lipinski definition) is 1. The van der Waals surface area contributed by atoms with Crippen molar-refractivity contribution in [2.45, 2.75) is 25.7 Å². The van der Waals surface area contributed by atoms with E-state index in [9.17, 15) is 28.1 Å². The summed E-state index contributed by atoms with van der Waals surface area (Å²) in [5, 5.41) is 16.2. The molecule has 1 N–H and O–H groups in total. The van der Waals surface area contributed by atoms with Gasteiger partial charge in [0, 0.05) is 18.6 Å². The van der Waals surface area contributed by atoms with E-state index in [-0.39, 0.29) is 17.9 Å². The Morgan fingerprint density at radius 1 is 1.52 bits per heavy atom. The Bertz CT molecular complexity index is 745. The molecule has 0 aliphatic carbocycles. The number of fused-ring (bicyclic) bond motifs is 1. The van der Waals surface area contributed by atoms with Crippen molar-refractivity contribution in [2.75, 3.05) is 0 Å². The standard InChI is InChI=1S/C11H10F3N5O4/c1-2-7(16-10(20)11(12,13)14)23-8-4-3-6-15-5-9(19(21)22)18(6)17-8/h3-5,7H,2H2,1H3,(H,16,20). The van der Waals surface area contributed by atoms with Gasteiger partial charge in [0.25, 0.3) is 5.88 Å². The van der Waals surface area contributed by atoms with Gasteiger partial charge in [0.05, 0.1) is 0 Å². The van der Waals surface area contributed by atoms with Crippen molar-refractivity contribution < 1.29 is 27.6 Å². The van der Waals surface area contributed by atoms with Crippen LogP contribution in [0.4, 0.5) is 19.0 Å². The first-order valence-electron chi connectivity index (χ1n) is 6.26. The van der Waals surface area contributed by atoms with Gasteiger partial charge in [-0.1, -0.05) is 11.4 Å². The molecule has 0 spiro atoms. The highest BCUT2D eigenvalue weighted by molar-refractivity contribution is 5.81. The molecule has 1 amide bonds. The highest BCUT2D eigenvalue weighted by atomic mass is 19.4. The molecule has 0 radical (unpaired) electrons. The molecule has 0 aromatic carbocycles. The zero-order valence-electron chi connectivity index (χ0n) is 11.6. The van der Waals surface area contributed by atoms with Crippen LogP contribution in [-0.4, -0.2) is 37.8 Å². The Kier molecular flexibility index (Phi) is 4.33. The number of imidazole rings is 1. The molecule has 2 rings (SSSR count). The van der Waals surface area contributed by atoms with Crippen LogP contribution < -0.4 is 10.1 Å². The molecule has 0 aliphatic rings. The number of amides is 1. The number of rotatable bonds is 5. The molecule has 0 saturated heterocycles. The van der Waals surface area contributed by atoms with E-state index in [1.807, 2.05) is 0 Å². The molecule has 23 heavy (non-hydrogen) atoms. The van der Waals surface area contributed by atoms with E-state index in [2.05, 4.69) is 10.1 Å². The molecule has 2 aromatic heterocycles. The van der Waals surface area contributed by atoms with E-state index >= 15 is 0 Å². The van der Waals surface area contributed by atoms with Crippen LogP contribution >= 0.6 is 0 Å². The third-order valence-corrected chi connectivity index (χ3v) is 2.69. The molecule has 124 valence electrons. The van der Waals surface area contributed by atoms with Crippen molar-refractivity contribution in [2.24, 2.45) is 0 Å². The lowest BCUT2D eigenvalue weighted by Gasteiger charge is -2.18. The van der Waals surface area contributed by atoms with E-state index < -0.39 is 29.1 Å². The number of carbonyl (C=O) groups excluding carboxylic acids is 1. The van der Waals surface area contributed by atoms with Crippen LogP contribution in [0.5, 0.6) is 5.88 Å². The molecular formula is C11H10F3N5O4. The molecular weight excluding hydrogens is 323 g/mol. The average Bonchev–Trinajstić information content (AvgIpc) is 2.88. The first-order valence-corrected chi connectivity index (χ1v) is 6.26. The van der Waals surface area contributed by atoms with E-state index in [0.29, 0.717) is 0 Å². The topological polar surface area (TPSA) is 112 Å². The largest absolute Gasteiger partial charge is 0.471 e. The molecule has 0 saturated carbocycles. The summed E-state index contributed by atoms with van der Waals surface area (Å²) in [6.45, 7) is 1.49. The van der Waals surface area contributed by atoms with Crippen molar-refractivity contribution in [1.82, 2.24) is 19.9 Å². The zero-order chi connectivity index (χ0) is 17.2. The fraction of sp³-hybridized carbons (Fsp3) is 0.364. The first-order chi connectivity index (χ1) is 10.7. The molecule has 1 atom stereocenters. The number of aromatic nitrogens is 3. The Morgan fingerprint density at radius 2 is 2.22 bits per heavy atom. The molecule has 9 nitrogen and oxygen atoms in total. The summed E-state index contributed by atoms with van der Waals surface area (Å²) in [6, 6.07) is 2.61. The molecule has 1 unspecified atom stereocenters. The second-order valence-corrected chi connectivity index (χ2v) is 4.30. The fourth-order valence-electron chi connectivity index (χ4n) is 1.62. The maximum atomic E-state index is 12.2. The summed E-state index contributed by atoms with van der Waals surface area (Å²) in [4.78, 5) is 24.7. The van der Waals surface area contributed by atoms with Gasteiger partial charge in [-0.2, -0.15) is 13.2 Å². The smallest absolute Gasteiger partial charge is 0.451 e. The molecule has 0 aliphatic heterocycles. The van der Waals surface area contributed by atoms with Crippen LogP contribution in [-0.2, 0) is 4.79 Å². The Hall–Kier alpha value is -2.92. The number of ether oxygens (including phenoxy) is 1. The van der Waals surface area contributed by atoms with Gasteiger partial charge in [0.1, 0.15) is 6.20 Å². The number of nitrogens with one attached hydrogen (secondary N) is 1. The lowest BCUT2D eigenvalue weighted by atomic mass is 10.4. The van der Waals surface area contributed by atoms with Crippen LogP contribution in [0.25, 0.3) is 5.65 Å². The molecule has 2 heterocycles. The van der Waals surface area contributed by atoms with E-state index in [0.717, 1.165) is 10.7 Å². The predicted octanol–water partition coefficient (Wildman–Crippen LogP) is 1.43. The summed E-state index contributed by atoms with van der Waals surface area (Å²) in [5.41, 5.74) is 0.163. The van der Waals surface area contributed by atoms with Gasteiger partial charge < -0.3 is 20.2 Å². The quantitative estimate of drug-likeness (QED) is 0.503. The lowest BCUT2D eigenvalue weighted by molar-refractivity contribution is -0.391. The summed E-state index contributed by atoms with van der Waals surface area (Å²) in [6.07, 6.45) is -5.34. The highest BCUT2D eigenvalue weighted by Gasteiger charge is 2.40. The lowest BCUT2D eigenvalue weighted by Crippen LogP contribution is -2.45. The second kappa shape index (κ2) is 6.06. The van der Waals surface area contributed by atoms with Crippen LogP contribution in [0.1, 0.15) is 13.3 Å². The number of hydrogen-bond acceptors (Lipinski definition) is 6. The minimum Gasteiger partial charge on any atom is -0.451 e. The molecule has 12 heteroatoms. The summed E-state index contributed by atoms with van der Waals surface area (Å²) in [5.74, 6) is -2.79. The minimum atomic E-state index is -5.04. The van der Waals surface area contributed by atoms with Crippen molar-refractivity contribution in [3.63, 3.8) is 0 Å². The van der Waals surface area contributed by atoms with Crippen molar-refractivity contribution in [3.8, 4) is 5.88 Å². The van der Waals surface area contributed by atoms with Crippen LogP contribution in [0.2, 0.25) is 0 Å². The average molecular weight is 333 g/mol. The Balaban J connectivity index is 2.21. The number of nitro groups is 1. The monoisotopic (exact) mass is 333 g/mol. The van der Waals surface area contributed by atoms with Gasteiger partial charge in [-0.05, 0) is 10.0 Å². The van der Waals surface area contributed by atoms with Crippen molar-refractivity contribution in [3.05, 3.63) is 28.4 Å². The van der Waals surface area contributed by atoms with Crippen molar-refractivity contribution in [1.29, 1.82) is 0 Å². The van der Waals surface area contributed by atoms with Gasteiger partial charge in [0.15, 0.2) is 6.23 Å². The molecule has 0 fully saturated rings. The minimum absolute atomic E-state index is 0.0214. The number of halogens is 3. The predicted molar refractivity (Wildman–Crippen MR) is 68.5 cm³/mol. The number of carbonyl (C=O) groups is 1. The van der Waals surface area contributed by atoms with Gasteiger partial charge in [-0.3, -0.25) is 4.79 Å². The van der Waals surface area contributed by atoms with Crippen LogP contribution in [0.15, 0.2) is 18.3 Å². The highest BCUT2D eigenvalue weighted by Crippen LogP contribution is 2.18. The van der Waals surface area contributed by atoms with Crippen LogP contribution in [0.3, 0.4) is 0 Å². The first kappa shape index (κ1) is 16.5. The maximum Gasteiger partial charge on any atom is 0.471 e. The summed E-state index contributed by atoms with van der Waals surface area (Å²) >= 11 is 0. The normalized spacial score (nSPS) is 12.9. The second-order valence-electron chi connectivity index (χ2n) is 4.30. The van der Waals surface area contributed by atoms with Gasteiger partial charge in [0.2, 0.25) is 5.65 Å². The third kappa shape index (κ3) is 3.64. The van der Waals surface area contributed by atoms with E-state index in [1.165, 1.54) is 19.1 Å². The Morgan fingerprint density at radius 3 is 2.78 bits per heavy atom. The SMILES string of the molecule is CCC(NC(=O)C(F)(F)F)Oc1ccc2ncc([N+](=O)[O-])n2n1.